The van der Waals surface area contributed by atoms with Crippen LogP contribution in [0.5, 0.6) is 0 Å². The Morgan fingerprint density at radius 2 is 1.45 bits per heavy atom. The number of ether oxygens (including phenoxy) is 1. The molecular formula is C28H33NO2. The van der Waals surface area contributed by atoms with Crippen molar-refractivity contribution in [1.82, 2.24) is 4.98 Å². The van der Waals surface area contributed by atoms with E-state index in [2.05, 4.69) is 36.2 Å². The van der Waals surface area contributed by atoms with Crippen molar-refractivity contribution in [3.8, 4) is 11.1 Å². The minimum Gasteiger partial charge on any atom is -0.462 e. The van der Waals surface area contributed by atoms with Crippen molar-refractivity contribution in [1.29, 1.82) is 0 Å². The molecule has 1 heterocycles. The van der Waals surface area contributed by atoms with Gasteiger partial charge in [0, 0.05) is 18.3 Å². The summed E-state index contributed by atoms with van der Waals surface area (Å²) >= 11 is 0. The fourth-order valence-electron chi connectivity index (χ4n) is 3.65. The van der Waals surface area contributed by atoms with E-state index in [1.807, 2.05) is 42.5 Å². The second-order valence-corrected chi connectivity index (χ2v) is 8.00. The van der Waals surface area contributed by atoms with Crippen molar-refractivity contribution in [2.45, 2.75) is 58.3 Å². The summed E-state index contributed by atoms with van der Waals surface area (Å²) in [7, 11) is 0. The lowest BCUT2D eigenvalue weighted by Gasteiger charge is -2.07. The molecule has 0 atom stereocenters. The Labute approximate surface area is 186 Å². The van der Waals surface area contributed by atoms with Gasteiger partial charge in [0.1, 0.15) is 0 Å². The van der Waals surface area contributed by atoms with Crippen LogP contribution < -0.4 is 0 Å². The van der Waals surface area contributed by atoms with Crippen LogP contribution in [0.4, 0.5) is 0 Å². The van der Waals surface area contributed by atoms with Crippen LogP contribution in [-0.4, -0.2) is 17.6 Å². The SMILES string of the molecule is CCCCCCCCc1ccc(-c2ccc(C(=O)OCCc3ccccn3)cc2)cc1. The first-order valence-corrected chi connectivity index (χ1v) is 11.5. The number of hydrogen-bond donors (Lipinski definition) is 0. The highest BCUT2D eigenvalue weighted by molar-refractivity contribution is 5.90. The van der Waals surface area contributed by atoms with Crippen molar-refractivity contribution >= 4 is 5.97 Å². The molecule has 0 saturated carbocycles. The van der Waals surface area contributed by atoms with Gasteiger partial charge in [0.15, 0.2) is 0 Å². The maximum atomic E-state index is 12.3. The van der Waals surface area contributed by atoms with Crippen LogP contribution in [0.15, 0.2) is 72.9 Å². The highest BCUT2D eigenvalue weighted by atomic mass is 16.5. The Balaban J connectivity index is 1.45. The molecule has 0 saturated heterocycles. The molecule has 3 aromatic rings. The number of pyridine rings is 1. The van der Waals surface area contributed by atoms with Crippen molar-refractivity contribution < 1.29 is 9.53 Å². The Bertz CT molecular complexity index is 902. The Hall–Kier alpha value is -2.94. The maximum Gasteiger partial charge on any atom is 0.338 e. The number of aryl methyl sites for hydroxylation is 1. The molecule has 31 heavy (non-hydrogen) atoms. The van der Waals surface area contributed by atoms with Crippen LogP contribution in [0.25, 0.3) is 11.1 Å². The number of rotatable bonds is 12. The molecule has 2 aromatic carbocycles. The number of benzene rings is 2. The zero-order valence-electron chi connectivity index (χ0n) is 18.6. The smallest absolute Gasteiger partial charge is 0.338 e. The van der Waals surface area contributed by atoms with Crippen molar-refractivity contribution in [2.75, 3.05) is 6.61 Å². The lowest BCUT2D eigenvalue weighted by molar-refractivity contribution is 0.0508. The molecule has 1 aromatic heterocycles. The van der Waals surface area contributed by atoms with Gasteiger partial charge in [0.05, 0.1) is 12.2 Å². The number of carbonyl (C=O) groups excluding carboxylic acids is 1. The van der Waals surface area contributed by atoms with E-state index in [1.54, 1.807) is 6.20 Å². The molecule has 3 heteroatoms. The number of aromatic nitrogens is 1. The van der Waals surface area contributed by atoms with Gasteiger partial charge >= 0.3 is 5.97 Å². The van der Waals surface area contributed by atoms with Gasteiger partial charge in [-0.3, -0.25) is 4.98 Å². The molecule has 3 nitrogen and oxygen atoms in total. The van der Waals surface area contributed by atoms with Gasteiger partial charge in [-0.2, -0.15) is 0 Å². The van der Waals surface area contributed by atoms with Crippen molar-refractivity contribution in [3.63, 3.8) is 0 Å². The zero-order valence-corrected chi connectivity index (χ0v) is 18.6. The molecule has 0 unspecified atom stereocenters. The summed E-state index contributed by atoms with van der Waals surface area (Å²) in [6.45, 7) is 2.59. The largest absolute Gasteiger partial charge is 0.462 e. The maximum absolute atomic E-state index is 12.3. The first-order valence-electron chi connectivity index (χ1n) is 11.5. The van der Waals surface area contributed by atoms with Gasteiger partial charge in [0.2, 0.25) is 0 Å². The van der Waals surface area contributed by atoms with Crippen LogP contribution in [-0.2, 0) is 17.6 Å². The second kappa shape index (κ2) is 12.7. The van der Waals surface area contributed by atoms with Gasteiger partial charge in [-0.25, -0.2) is 4.79 Å². The van der Waals surface area contributed by atoms with E-state index in [9.17, 15) is 4.79 Å². The topological polar surface area (TPSA) is 39.2 Å². The third-order valence-corrected chi connectivity index (χ3v) is 5.54. The predicted octanol–water partition coefficient (Wildman–Crippen LogP) is 7.05. The normalized spacial score (nSPS) is 10.7. The highest BCUT2D eigenvalue weighted by Gasteiger charge is 2.08. The molecule has 0 bridgehead atoms. The van der Waals surface area contributed by atoms with E-state index in [-0.39, 0.29) is 5.97 Å². The average Bonchev–Trinajstić information content (AvgIpc) is 2.82. The molecule has 3 rings (SSSR count). The molecule has 0 fully saturated rings. The number of unbranched alkanes of at least 4 members (excludes halogenated alkanes) is 5. The molecule has 162 valence electrons. The molecule has 0 aliphatic rings. The van der Waals surface area contributed by atoms with Gasteiger partial charge in [-0.05, 0) is 53.8 Å². The van der Waals surface area contributed by atoms with Gasteiger partial charge < -0.3 is 4.74 Å². The fraction of sp³-hybridized carbons (Fsp3) is 0.357. The first-order chi connectivity index (χ1) is 15.3. The number of carbonyl (C=O) groups is 1. The van der Waals surface area contributed by atoms with E-state index < -0.39 is 0 Å². The Kier molecular flexibility index (Phi) is 9.31. The summed E-state index contributed by atoms with van der Waals surface area (Å²) in [5.41, 5.74) is 5.17. The van der Waals surface area contributed by atoms with E-state index in [4.69, 9.17) is 4.74 Å². The van der Waals surface area contributed by atoms with E-state index in [0.717, 1.165) is 17.7 Å². The van der Waals surface area contributed by atoms with E-state index in [1.165, 1.54) is 49.7 Å². The summed E-state index contributed by atoms with van der Waals surface area (Å²) in [6, 6.07) is 22.2. The number of hydrogen-bond acceptors (Lipinski definition) is 3. The van der Waals surface area contributed by atoms with E-state index in [0.29, 0.717) is 18.6 Å². The summed E-state index contributed by atoms with van der Waals surface area (Å²) in [5.74, 6) is -0.295. The minimum absolute atomic E-state index is 0.295. The van der Waals surface area contributed by atoms with Crippen molar-refractivity contribution in [3.05, 3.63) is 89.7 Å². The van der Waals surface area contributed by atoms with Crippen LogP contribution in [0.1, 0.15) is 67.1 Å². The molecule has 0 amide bonds. The summed E-state index contributed by atoms with van der Waals surface area (Å²) in [6.07, 6.45) is 11.5. The summed E-state index contributed by atoms with van der Waals surface area (Å²) in [5, 5.41) is 0. The van der Waals surface area contributed by atoms with Crippen LogP contribution in [0.3, 0.4) is 0 Å². The third kappa shape index (κ3) is 7.67. The minimum atomic E-state index is -0.295. The van der Waals surface area contributed by atoms with Crippen LogP contribution in [0, 0.1) is 0 Å². The molecular weight excluding hydrogens is 382 g/mol. The summed E-state index contributed by atoms with van der Waals surface area (Å²) in [4.78, 5) is 16.5. The quantitative estimate of drug-likeness (QED) is 0.235. The highest BCUT2D eigenvalue weighted by Crippen LogP contribution is 2.21. The van der Waals surface area contributed by atoms with E-state index >= 15 is 0 Å². The molecule has 0 aliphatic carbocycles. The fourth-order valence-corrected chi connectivity index (χ4v) is 3.65. The standard InChI is InChI=1S/C28H33NO2/c1-2-3-4-5-6-7-10-23-12-14-24(15-13-23)25-16-18-26(19-17-25)28(30)31-22-20-27-11-8-9-21-29-27/h8-9,11-19,21H,2-7,10,20,22H2,1H3. The lowest BCUT2D eigenvalue weighted by atomic mass is 10.00. The third-order valence-electron chi connectivity index (χ3n) is 5.54. The molecule has 0 radical (unpaired) electrons. The number of esters is 1. The van der Waals surface area contributed by atoms with Crippen LogP contribution >= 0.6 is 0 Å². The van der Waals surface area contributed by atoms with Gasteiger partial charge in [-0.15, -0.1) is 0 Å². The number of nitrogens with zero attached hydrogens (tertiary/aromatic N) is 1. The van der Waals surface area contributed by atoms with Crippen molar-refractivity contribution in [2.24, 2.45) is 0 Å². The molecule has 0 N–H and O–H groups in total. The average molecular weight is 416 g/mol. The Morgan fingerprint density at radius 1 is 0.774 bits per heavy atom. The first kappa shape index (κ1) is 22.7. The molecule has 0 spiro atoms. The zero-order chi connectivity index (χ0) is 21.7. The summed E-state index contributed by atoms with van der Waals surface area (Å²) < 4.78 is 5.38. The second-order valence-electron chi connectivity index (χ2n) is 8.00. The van der Waals surface area contributed by atoms with Gasteiger partial charge in [-0.1, -0.05) is 81.5 Å². The lowest BCUT2D eigenvalue weighted by Crippen LogP contribution is -2.08. The monoisotopic (exact) mass is 415 g/mol. The molecule has 0 aliphatic heterocycles. The Morgan fingerprint density at radius 3 is 2.13 bits per heavy atom. The van der Waals surface area contributed by atoms with Crippen LogP contribution in [0.2, 0.25) is 0 Å². The van der Waals surface area contributed by atoms with Gasteiger partial charge in [0.25, 0.3) is 0 Å². The predicted molar refractivity (Wildman–Crippen MR) is 127 cm³/mol.